The lowest BCUT2D eigenvalue weighted by Crippen LogP contribution is -2.53. The van der Waals surface area contributed by atoms with E-state index >= 15 is 0 Å². The third kappa shape index (κ3) is 4.10. The number of nitrogens with one attached hydrogen (secondary N) is 1. The van der Waals surface area contributed by atoms with Gasteiger partial charge in [-0.25, -0.2) is 5.01 Å². The molecule has 3 atom stereocenters. The van der Waals surface area contributed by atoms with Gasteiger partial charge in [-0.2, -0.15) is 11.8 Å². The van der Waals surface area contributed by atoms with Crippen LogP contribution in [0.4, 0.5) is 0 Å². The van der Waals surface area contributed by atoms with Crippen molar-refractivity contribution in [2.45, 2.75) is 37.1 Å². The molecule has 1 aliphatic heterocycles. The van der Waals surface area contributed by atoms with Gasteiger partial charge in [0.15, 0.2) is 0 Å². The lowest BCUT2D eigenvalue weighted by molar-refractivity contribution is 0.0737. The Morgan fingerprint density at radius 1 is 1.47 bits per heavy atom. The van der Waals surface area contributed by atoms with Gasteiger partial charge in [0.25, 0.3) is 0 Å². The largest absolute Gasteiger partial charge is 0.383 e. The van der Waals surface area contributed by atoms with E-state index in [0.29, 0.717) is 17.3 Å². The molecule has 4 heteroatoms. The molecule has 1 N–H and O–H groups in total. The van der Waals surface area contributed by atoms with Crippen molar-refractivity contribution in [3.8, 4) is 0 Å². The second-order valence-electron chi connectivity index (χ2n) is 5.21. The van der Waals surface area contributed by atoms with Crippen molar-refractivity contribution in [1.29, 1.82) is 0 Å². The van der Waals surface area contributed by atoms with Gasteiger partial charge in [0, 0.05) is 36.9 Å². The summed E-state index contributed by atoms with van der Waals surface area (Å²) in [7, 11) is 1.79. The van der Waals surface area contributed by atoms with E-state index in [-0.39, 0.29) is 0 Å². The van der Waals surface area contributed by atoms with E-state index in [1.165, 1.54) is 18.8 Å². The number of rotatable bonds is 7. The van der Waals surface area contributed by atoms with Crippen LogP contribution in [0.1, 0.15) is 19.8 Å². The zero-order chi connectivity index (χ0) is 13.7. The van der Waals surface area contributed by atoms with Crippen LogP contribution in [0.5, 0.6) is 0 Å². The highest BCUT2D eigenvalue weighted by Crippen LogP contribution is 2.32. The maximum absolute atomic E-state index is 5.33. The zero-order valence-corrected chi connectivity index (χ0v) is 13.0. The molecule has 3 nitrogen and oxygen atoms in total. The fourth-order valence-corrected chi connectivity index (χ4v) is 3.22. The molecule has 0 bridgehead atoms. The molecule has 1 unspecified atom stereocenters. The Kier molecular flexibility index (Phi) is 6.46. The summed E-state index contributed by atoms with van der Waals surface area (Å²) in [5, 5.41) is 2.93. The summed E-state index contributed by atoms with van der Waals surface area (Å²) < 4.78 is 5.33. The molecule has 0 amide bonds. The van der Waals surface area contributed by atoms with Gasteiger partial charge >= 0.3 is 0 Å². The van der Waals surface area contributed by atoms with Crippen LogP contribution in [0.15, 0.2) is 0 Å². The number of hydrazine groups is 1. The maximum Gasteiger partial charge on any atom is 0.0632 e. The average molecular weight is 281 g/mol. The molecule has 19 heavy (non-hydrogen) atoms. The topological polar surface area (TPSA) is 24.5 Å². The summed E-state index contributed by atoms with van der Waals surface area (Å²) in [6.07, 6.45) is 13.3. The third-order valence-electron chi connectivity index (χ3n) is 3.93. The molecular weight excluding hydrogens is 256 g/mol. The Hall–Kier alpha value is 0.230. The molecular formula is C15H25N2OS. The molecule has 1 aliphatic carbocycles. The highest BCUT2D eigenvalue weighted by Gasteiger charge is 2.34. The lowest BCUT2D eigenvalue weighted by Gasteiger charge is -2.35. The predicted octanol–water partition coefficient (Wildman–Crippen LogP) is 2.13. The van der Waals surface area contributed by atoms with Gasteiger partial charge < -0.3 is 4.74 Å². The van der Waals surface area contributed by atoms with Crippen LogP contribution in [-0.4, -0.2) is 48.9 Å². The van der Waals surface area contributed by atoms with Crippen molar-refractivity contribution in [3.05, 3.63) is 31.6 Å². The Morgan fingerprint density at radius 3 is 2.84 bits per heavy atom. The van der Waals surface area contributed by atoms with Gasteiger partial charge in [-0.15, -0.1) is 0 Å². The fourth-order valence-electron chi connectivity index (χ4n) is 2.73. The van der Waals surface area contributed by atoms with Crippen molar-refractivity contribution >= 4 is 11.8 Å². The third-order valence-corrected chi connectivity index (χ3v) is 4.95. The van der Waals surface area contributed by atoms with Gasteiger partial charge in [0.2, 0.25) is 0 Å². The second-order valence-corrected chi connectivity index (χ2v) is 6.43. The standard InChI is InChI=1S/C15H25N2OS/c1-12(19-3)15(13-7-4-5-8-13)16-17-10-6-9-14(17)11-18-2/h4-5,7-8,12,14-16H,6,9-11H2,1-3H3/t12-,14+,15?/m1/s1. The summed E-state index contributed by atoms with van der Waals surface area (Å²) in [5.41, 5.74) is 3.74. The highest BCUT2D eigenvalue weighted by molar-refractivity contribution is 7.99. The molecule has 2 fully saturated rings. The number of nitrogens with zero attached hydrogens (tertiary/aromatic N) is 1. The molecule has 5 radical (unpaired) electrons. The fraction of sp³-hybridized carbons (Fsp3) is 0.667. The van der Waals surface area contributed by atoms with E-state index in [1.54, 1.807) is 7.11 Å². The minimum atomic E-state index is 0.377. The average Bonchev–Trinajstić information content (AvgIpc) is 3.07. The SMILES string of the molecule is COC[C@@H]1CCCN1NC([C]1[CH][CH][CH][CH]1)[C@@H](C)SC. The Morgan fingerprint density at radius 2 is 2.21 bits per heavy atom. The molecule has 0 aromatic carbocycles. The van der Waals surface area contributed by atoms with E-state index < -0.39 is 0 Å². The summed E-state index contributed by atoms with van der Waals surface area (Å²) in [5.74, 6) is 1.38. The predicted molar refractivity (Wildman–Crippen MR) is 81.9 cm³/mol. The minimum Gasteiger partial charge on any atom is -0.383 e. The number of hydrogen-bond donors (Lipinski definition) is 1. The van der Waals surface area contributed by atoms with Crippen LogP contribution in [0.25, 0.3) is 0 Å². The molecule has 2 aliphatic rings. The number of methoxy groups -OCH3 is 1. The Labute approximate surface area is 122 Å². The lowest BCUT2D eigenvalue weighted by atomic mass is 9.96. The molecule has 1 heterocycles. The van der Waals surface area contributed by atoms with Gasteiger partial charge in [-0.3, -0.25) is 5.43 Å². The van der Waals surface area contributed by atoms with Crippen LogP contribution >= 0.6 is 11.8 Å². The Balaban J connectivity index is 1.94. The number of thioether (sulfide) groups is 1. The second kappa shape index (κ2) is 7.87. The van der Waals surface area contributed by atoms with Crippen molar-refractivity contribution in [3.63, 3.8) is 0 Å². The molecule has 107 valence electrons. The smallest absolute Gasteiger partial charge is 0.0632 e. The Bertz CT molecular complexity index is 259. The van der Waals surface area contributed by atoms with Crippen LogP contribution in [-0.2, 0) is 4.74 Å². The molecule has 0 aromatic rings. The first-order valence-corrected chi connectivity index (χ1v) is 8.31. The van der Waals surface area contributed by atoms with E-state index in [9.17, 15) is 0 Å². The number of hydrogen-bond acceptors (Lipinski definition) is 4. The monoisotopic (exact) mass is 281 g/mol. The quantitative estimate of drug-likeness (QED) is 0.772. The normalized spacial score (nSPS) is 28.9. The first kappa shape index (κ1) is 15.6. The summed E-state index contributed by atoms with van der Waals surface area (Å²) >= 11 is 1.91. The van der Waals surface area contributed by atoms with Crippen LogP contribution in [0.3, 0.4) is 0 Å². The van der Waals surface area contributed by atoms with Gasteiger partial charge in [-0.1, -0.05) is 6.92 Å². The number of ether oxygens (including phenoxy) is 1. The van der Waals surface area contributed by atoms with E-state index in [2.05, 4.69) is 49.3 Å². The van der Waals surface area contributed by atoms with Crippen molar-refractivity contribution < 1.29 is 4.74 Å². The van der Waals surface area contributed by atoms with Crippen molar-refractivity contribution in [2.24, 2.45) is 0 Å². The molecule has 2 rings (SSSR count). The highest BCUT2D eigenvalue weighted by atomic mass is 32.2. The summed E-state index contributed by atoms with van der Waals surface area (Å²) in [4.78, 5) is 0. The van der Waals surface area contributed by atoms with E-state index in [0.717, 1.165) is 13.2 Å². The van der Waals surface area contributed by atoms with Gasteiger partial charge in [-0.05, 0) is 44.8 Å². The molecule has 0 aromatic heterocycles. The van der Waals surface area contributed by atoms with Crippen LogP contribution < -0.4 is 5.43 Å². The minimum absolute atomic E-state index is 0.377. The van der Waals surface area contributed by atoms with Crippen molar-refractivity contribution in [1.82, 2.24) is 10.4 Å². The first-order valence-electron chi connectivity index (χ1n) is 7.02. The maximum atomic E-state index is 5.33. The van der Waals surface area contributed by atoms with Crippen LogP contribution in [0.2, 0.25) is 0 Å². The van der Waals surface area contributed by atoms with Gasteiger partial charge in [0.1, 0.15) is 0 Å². The van der Waals surface area contributed by atoms with Crippen LogP contribution in [0, 0.1) is 31.6 Å². The van der Waals surface area contributed by atoms with Crippen molar-refractivity contribution in [2.75, 3.05) is 26.5 Å². The van der Waals surface area contributed by atoms with E-state index in [1.807, 2.05) is 11.8 Å². The molecule has 0 spiro atoms. The van der Waals surface area contributed by atoms with E-state index in [4.69, 9.17) is 4.74 Å². The van der Waals surface area contributed by atoms with Gasteiger partial charge in [0.05, 0.1) is 6.61 Å². The summed E-state index contributed by atoms with van der Waals surface area (Å²) in [6, 6.07) is 0.888. The first-order chi connectivity index (χ1) is 9.26. The molecule has 1 saturated heterocycles. The summed E-state index contributed by atoms with van der Waals surface area (Å²) in [6.45, 7) is 4.22. The molecule has 1 saturated carbocycles. The zero-order valence-electron chi connectivity index (χ0n) is 12.1.